The molecule has 2 heterocycles. The normalized spacial score (nSPS) is 13.9. The topological polar surface area (TPSA) is 94.0 Å². The molecule has 4 rings (SSSR count). The summed E-state index contributed by atoms with van der Waals surface area (Å²) in [5.41, 5.74) is 2.22. The third-order valence-corrected chi connectivity index (χ3v) is 5.52. The van der Waals surface area contributed by atoms with E-state index in [0.29, 0.717) is 28.4 Å². The molecule has 2 aromatic heterocycles. The maximum absolute atomic E-state index is 13.2. The summed E-state index contributed by atoms with van der Waals surface area (Å²) >= 11 is 0. The lowest BCUT2D eigenvalue weighted by Gasteiger charge is -2.13. The van der Waals surface area contributed by atoms with Crippen molar-refractivity contribution in [3.8, 4) is 11.5 Å². The van der Waals surface area contributed by atoms with Crippen LogP contribution in [0.15, 0.2) is 36.5 Å². The third kappa shape index (κ3) is 4.33. The first-order valence-corrected chi connectivity index (χ1v) is 10.3. The molecule has 0 bridgehead atoms. The number of methoxy groups -OCH3 is 2. The van der Waals surface area contributed by atoms with Crippen LogP contribution in [0.3, 0.4) is 0 Å². The number of nitrogens with zero attached hydrogens (tertiary/aromatic N) is 2. The number of hydrogen-bond donors (Lipinski definition) is 2. The molecule has 0 radical (unpaired) electrons. The van der Waals surface area contributed by atoms with Crippen LogP contribution in [0.2, 0.25) is 0 Å². The molecule has 2 N–H and O–H groups in total. The van der Waals surface area contributed by atoms with Gasteiger partial charge in [0.15, 0.2) is 11.5 Å². The summed E-state index contributed by atoms with van der Waals surface area (Å²) in [6.07, 6.45) is 5.99. The maximum atomic E-state index is 13.2. The number of carbonyl (C=O) groups excluding carboxylic acids is 2. The highest BCUT2D eigenvalue weighted by atomic mass is 16.5. The zero-order chi connectivity index (χ0) is 22.0. The van der Waals surface area contributed by atoms with Crippen LogP contribution in [0.5, 0.6) is 11.5 Å². The Balaban J connectivity index is 1.69. The van der Waals surface area contributed by atoms with E-state index >= 15 is 0 Å². The number of benzene rings is 1. The van der Waals surface area contributed by atoms with E-state index in [0.717, 1.165) is 31.2 Å². The molecule has 1 saturated carbocycles. The molecule has 0 atom stereocenters. The predicted molar refractivity (Wildman–Crippen MR) is 117 cm³/mol. The minimum absolute atomic E-state index is 0.147. The molecule has 2 amide bonds. The van der Waals surface area contributed by atoms with E-state index in [-0.39, 0.29) is 17.8 Å². The quantitative estimate of drug-likeness (QED) is 0.633. The molecule has 1 aromatic carbocycles. The zero-order valence-electron chi connectivity index (χ0n) is 17.9. The van der Waals surface area contributed by atoms with E-state index in [9.17, 15) is 9.59 Å². The lowest BCUT2D eigenvalue weighted by molar-refractivity contribution is 0.0933. The van der Waals surface area contributed by atoms with Crippen LogP contribution in [0.1, 0.15) is 52.1 Å². The molecular formula is C23H26N4O4. The van der Waals surface area contributed by atoms with Crippen LogP contribution in [-0.2, 0) is 0 Å². The Morgan fingerprint density at radius 2 is 1.71 bits per heavy atom. The van der Waals surface area contributed by atoms with Crippen LogP contribution in [0.4, 0.5) is 5.82 Å². The Hall–Kier alpha value is -3.55. The Morgan fingerprint density at radius 3 is 2.35 bits per heavy atom. The van der Waals surface area contributed by atoms with Crippen LogP contribution in [-0.4, -0.2) is 41.5 Å². The van der Waals surface area contributed by atoms with Gasteiger partial charge in [-0.05, 0) is 43.5 Å². The van der Waals surface area contributed by atoms with Crippen LogP contribution < -0.4 is 20.1 Å². The molecule has 1 fully saturated rings. The first-order valence-electron chi connectivity index (χ1n) is 10.3. The number of aromatic nitrogens is 2. The second kappa shape index (κ2) is 8.67. The number of aryl methyl sites for hydroxylation is 1. The Morgan fingerprint density at radius 1 is 1.03 bits per heavy atom. The summed E-state index contributed by atoms with van der Waals surface area (Å²) in [4.78, 5) is 30.7. The second-order valence-corrected chi connectivity index (χ2v) is 7.75. The lowest BCUT2D eigenvalue weighted by Crippen LogP contribution is -2.34. The van der Waals surface area contributed by atoms with E-state index in [1.54, 1.807) is 22.6 Å². The first-order chi connectivity index (χ1) is 15.0. The molecule has 0 spiro atoms. The van der Waals surface area contributed by atoms with Crippen molar-refractivity contribution in [2.75, 3.05) is 19.5 Å². The summed E-state index contributed by atoms with van der Waals surface area (Å²) in [5.74, 6) is 0.548. The molecule has 8 heteroatoms. The number of ether oxygens (including phenoxy) is 2. The average molecular weight is 422 g/mol. The van der Waals surface area contributed by atoms with Gasteiger partial charge in [-0.2, -0.15) is 0 Å². The molecule has 0 unspecified atom stereocenters. The first kappa shape index (κ1) is 20.7. The summed E-state index contributed by atoms with van der Waals surface area (Å²) in [7, 11) is 3.04. The van der Waals surface area contributed by atoms with Crippen LogP contribution >= 0.6 is 0 Å². The molecule has 1 aliphatic carbocycles. The Bertz CT molecular complexity index is 1110. The van der Waals surface area contributed by atoms with Gasteiger partial charge in [0.25, 0.3) is 11.8 Å². The standard InChI is InChI=1S/C23H26N4O4/c1-14-8-9-19-25-21(20(27(19)13-14)23(29)24-16-6-4-5-7-16)26-22(28)15-10-17(30-2)12-18(11-15)31-3/h8-13,16H,4-7H2,1-3H3,(H,24,29)(H,26,28). The zero-order valence-corrected chi connectivity index (χ0v) is 17.9. The number of nitrogens with one attached hydrogen (secondary N) is 2. The van der Waals surface area contributed by atoms with Crippen molar-refractivity contribution in [3.05, 3.63) is 53.3 Å². The van der Waals surface area contributed by atoms with E-state index in [2.05, 4.69) is 15.6 Å². The molecule has 1 aliphatic rings. The van der Waals surface area contributed by atoms with Gasteiger partial charge in [-0.3, -0.25) is 14.0 Å². The van der Waals surface area contributed by atoms with E-state index in [1.165, 1.54) is 14.2 Å². The highest BCUT2D eigenvalue weighted by Crippen LogP contribution is 2.25. The number of carbonyl (C=O) groups is 2. The summed E-state index contributed by atoms with van der Waals surface area (Å²) in [6.45, 7) is 1.94. The van der Waals surface area contributed by atoms with Gasteiger partial charge in [0.2, 0.25) is 0 Å². The predicted octanol–water partition coefficient (Wildman–Crippen LogP) is 3.58. The second-order valence-electron chi connectivity index (χ2n) is 7.75. The SMILES string of the molecule is COc1cc(OC)cc(C(=O)Nc2nc3ccc(C)cn3c2C(=O)NC2CCCC2)c1. The molecule has 3 aromatic rings. The largest absolute Gasteiger partial charge is 0.497 e. The monoisotopic (exact) mass is 422 g/mol. The third-order valence-electron chi connectivity index (χ3n) is 5.52. The summed E-state index contributed by atoms with van der Waals surface area (Å²) in [6, 6.07) is 8.79. The fraction of sp³-hybridized carbons (Fsp3) is 0.348. The van der Waals surface area contributed by atoms with Crippen molar-refractivity contribution in [2.24, 2.45) is 0 Å². The molecule has 0 saturated heterocycles. The van der Waals surface area contributed by atoms with Crippen molar-refractivity contribution in [3.63, 3.8) is 0 Å². The van der Waals surface area contributed by atoms with E-state index in [1.807, 2.05) is 25.3 Å². The van der Waals surface area contributed by atoms with Gasteiger partial charge < -0.3 is 20.1 Å². The smallest absolute Gasteiger partial charge is 0.272 e. The lowest BCUT2D eigenvalue weighted by atomic mass is 10.2. The Labute approximate surface area is 180 Å². The van der Waals surface area contributed by atoms with Gasteiger partial charge in [0, 0.05) is 23.9 Å². The Kier molecular flexibility index (Phi) is 5.79. The number of rotatable bonds is 6. The maximum Gasteiger partial charge on any atom is 0.272 e. The summed E-state index contributed by atoms with van der Waals surface area (Å²) < 4.78 is 12.2. The van der Waals surface area contributed by atoms with E-state index < -0.39 is 5.91 Å². The van der Waals surface area contributed by atoms with Gasteiger partial charge in [-0.25, -0.2) is 4.98 Å². The van der Waals surface area contributed by atoms with Gasteiger partial charge in [0.05, 0.1) is 14.2 Å². The van der Waals surface area contributed by atoms with Crippen LogP contribution in [0.25, 0.3) is 5.65 Å². The molecule has 8 nitrogen and oxygen atoms in total. The van der Waals surface area contributed by atoms with Gasteiger partial charge in [0.1, 0.15) is 17.1 Å². The molecule has 31 heavy (non-hydrogen) atoms. The molecular weight excluding hydrogens is 396 g/mol. The molecule has 162 valence electrons. The number of anilines is 1. The van der Waals surface area contributed by atoms with Crippen molar-refractivity contribution < 1.29 is 19.1 Å². The minimum atomic E-state index is -0.410. The van der Waals surface area contributed by atoms with E-state index in [4.69, 9.17) is 9.47 Å². The minimum Gasteiger partial charge on any atom is -0.497 e. The fourth-order valence-electron chi connectivity index (χ4n) is 3.90. The number of fused-ring (bicyclic) bond motifs is 1. The number of pyridine rings is 1. The highest BCUT2D eigenvalue weighted by molar-refractivity contribution is 6.08. The highest BCUT2D eigenvalue weighted by Gasteiger charge is 2.25. The van der Waals surface area contributed by atoms with Crippen LogP contribution in [0, 0.1) is 6.92 Å². The number of hydrogen-bond acceptors (Lipinski definition) is 5. The van der Waals surface area contributed by atoms with Crippen molar-refractivity contribution in [1.82, 2.24) is 14.7 Å². The van der Waals surface area contributed by atoms with Gasteiger partial charge in [-0.15, -0.1) is 0 Å². The number of imidazole rings is 1. The van der Waals surface area contributed by atoms with Gasteiger partial charge >= 0.3 is 0 Å². The van der Waals surface area contributed by atoms with Crippen molar-refractivity contribution >= 4 is 23.3 Å². The average Bonchev–Trinajstić information content (AvgIpc) is 3.40. The van der Waals surface area contributed by atoms with Crippen molar-refractivity contribution in [2.45, 2.75) is 38.6 Å². The summed E-state index contributed by atoms with van der Waals surface area (Å²) in [5, 5.41) is 5.89. The number of amides is 2. The molecule has 0 aliphatic heterocycles. The fourth-order valence-corrected chi connectivity index (χ4v) is 3.90. The van der Waals surface area contributed by atoms with Gasteiger partial charge in [-0.1, -0.05) is 18.9 Å². The van der Waals surface area contributed by atoms with Crippen molar-refractivity contribution in [1.29, 1.82) is 0 Å².